The van der Waals surface area contributed by atoms with Crippen LogP contribution in [-0.2, 0) is 7.05 Å². The van der Waals surface area contributed by atoms with E-state index in [9.17, 15) is 0 Å². The third-order valence-electron chi connectivity index (χ3n) is 2.97. The number of aryl methyl sites for hydroxylation is 1. The Morgan fingerprint density at radius 2 is 1.85 bits per heavy atom. The Morgan fingerprint density at radius 1 is 1.20 bits per heavy atom. The Balaban J connectivity index is 2.40. The lowest BCUT2D eigenvalue weighted by Gasteiger charge is -2.33. The van der Waals surface area contributed by atoms with Crippen molar-refractivity contribution in [3.05, 3.63) is 11.6 Å². The fourth-order valence-corrected chi connectivity index (χ4v) is 2.97. The van der Waals surface area contributed by atoms with Gasteiger partial charge in [-0.05, 0) is 37.3 Å². The van der Waals surface area contributed by atoms with Gasteiger partial charge in [0.2, 0.25) is 5.28 Å². The maximum Gasteiger partial charge on any atom is 0.226 e. The zero-order valence-electron chi connectivity index (χ0n) is 13.0. The summed E-state index contributed by atoms with van der Waals surface area (Å²) < 4.78 is 1.90. The molecule has 0 atom stereocenters. The van der Waals surface area contributed by atoms with Gasteiger partial charge in [0, 0.05) is 12.6 Å². The van der Waals surface area contributed by atoms with Crippen molar-refractivity contribution in [2.75, 3.05) is 5.32 Å². The molecule has 1 N–H and O–H groups in total. The lowest BCUT2D eigenvalue weighted by Crippen LogP contribution is -2.36. The molecule has 20 heavy (non-hydrogen) atoms. The number of rotatable bonds is 3. The largest absolute Gasteiger partial charge is 0.363 e. The van der Waals surface area contributed by atoms with Crippen LogP contribution in [0.5, 0.6) is 0 Å². The first-order valence-corrected chi connectivity index (χ1v) is 7.08. The van der Waals surface area contributed by atoms with Crippen molar-refractivity contribution in [2.45, 2.75) is 46.6 Å². The van der Waals surface area contributed by atoms with Crippen LogP contribution >= 0.6 is 11.6 Å². The molecule has 5 nitrogen and oxygen atoms in total. The Kier molecular flexibility index (Phi) is 3.67. The van der Waals surface area contributed by atoms with Gasteiger partial charge in [0.15, 0.2) is 11.5 Å². The number of hydrogen-bond donors (Lipinski definition) is 1. The maximum atomic E-state index is 5.98. The van der Waals surface area contributed by atoms with Gasteiger partial charge in [-0.2, -0.15) is 9.97 Å². The van der Waals surface area contributed by atoms with Gasteiger partial charge in [-0.15, -0.1) is 0 Å². The summed E-state index contributed by atoms with van der Waals surface area (Å²) in [6.07, 6.45) is 2.72. The van der Waals surface area contributed by atoms with Crippen molar-refractivity contribution in [3.8, 4) is 0 Å². The SMILES string of the molecule is Cn1cnc2nc(Cl)nc(NC(C)(C)CC(C)(C)C)c21. The molecule has 0 aliphatic heterocycles. The van der Waals surface area contributed by atoms with Gasteiger partial charge < -0.3 is 9.88 Å². The van der Waals surface area contributed by atoms with Crippen molar-refractivity contribution >= 4 is 28.6 Å². The molecule has 2 rings (SSSR count). The first-order valence-electron chi connectivity index (χ1n) is 6.70. The average Bonchev–Trinajstić information content (AvgIpc) is 2.55. The van der Waals surface area contributed by atoms with E-state index in [-0.39, 0.29) is 16.2 Å². The Bertz CT molecular complexity index is 624. The number of aromatic nitrogens is 4. The summed E-state index contributed by atoms with van der Waals surface area (Å²) in [6.45, 7) is 11.0. The molecule has 0 saturated carbocycles. The molecule has 0 saturated heterocycles. The predicted molar refractivity (Wildman–Crippen MR) is 83.1 cm³/mol. The van der Waals surface area contributed by atoms with E-state index < -0.39 is 0 Å². The van der Waals surface area contributed by atoms with Crippen molar-refractivity contribution in [1.82, 2.24) is 19.5 Å². The van der Waals surface area contributed by atoms with Gasteiger partial charge >= 0.3 is 0 Å². The van der Waals surface area contributed by atoms with E-state index in [1.165, 1.54) is 0 Å². The van der Waals surface area contributed by atoms with Crippen molar-refractivity contribution in [3.63, 3.8) is 0 Å². The second kappa shape index (κ2) is 4.88. The quantitative estimate of drug-likeness (QED) is 0.878. The summed E-state index contributed by atoms with van der Waals surface area (Å²) >= 11 is 5.98. The molecule has 0 fully saturated rings. The highest BCUT2D eigenvalue weighted by atomic mass is 35.5. The van der Waals surface area contributed by atoms with E-state index in [4.69, 9.17) is 11.6 Å². The normalized spacial score (nSPS) is 12.9. The fraction of sp³-hybridized carbons (Fsp3) is 0.643. The Labute approximate surface area is 124 Å². The van der Waals surface area contributed by atoms with E-state index in [0.29, 0.717) is 5.65 Å². The number of nitrogens with zero attached hydrogens (tertiary/aromatic N) is 4. The fourth-order valence-electron chi connectivity index (χ4n) is 2.81. The molecular formula is C14H22ClN5. The van der Waals surface area contributed by atoms with Crippen LogP contribution < -0.4 is 5.32 Å². The molecule has 6 heteroatoms. The molecule has 110 valence electrons. The topological polar surface area (TPSA) is 55.6 Å². The van der Waals surface area contributed by atoms with Crippen LogP contribution in [0.25, 0.3) is 11.2 Å². The Morgan fingerprint density at radius 3 is 2.45 bits per heavy atom. The van der Waals surface area contributed by atoms with Gasteiger partial charge in [-0.25, -0.2) is 4.98 Å². The molecule has 0 aliphatic rings. The molecule has 0 bridgehead atoms. The van der Waals surface area contributed by atoms with Crippen LogP contribution in [0.1, 0.15) is 41.0 Å². The van der Waals surface area contributed by atoms with E-state index in [1.807, 2.05) is 11.6 Å². The summed E-state index contributed by atoms with van der Waals surface area (Å²) in [6, 6.07) is 0. The second-order valence-electron chi connectivity index (χ2n) is 7.12. The van der Waals surface area contributed by atoms with Crippen LogP contribution in [-0.4, -0.2) is 25.1 Å². The minimum atomic E-state index is -0.104. The van der Waals surface area contributed by atoms with Gasteiger partial charge in [0.1, 0.15) is 5.52 Å². The molecule has 0 aliphatic carbocycles. The van der Waals surface area contributed by atoms with E-state index in [2.05, 4.69) is 54.9 Å². The van der Waals surface area contributed by atoms with Gasteiger partial charge in [-0.3, -0.25) is 0 Å². The van der Waals surface area contributed by atoms with Gasteiger partial charge in [0.25, 0.3) is 0 Å². The summed E-state index contributed by atoms with van der Waals surface area (Å²) in [5.74, 6) is 0.731. The molecule has 2 heterocycles. The highest BCUT2D eigenvalue weighted by molar-refractivity contribution is 6.28. The second-order valence-corrected chi connectivity index (χ2v) is 7.45. The number of fused-ring (bicyclic) bond motifs is 1. The van der Waals surface area contributed by atoms with Crippen LogP contribution in [0.4, 0.5) is 5.82 Å². The van der Waals surface area contributed by atoms with Crippen molar-refractivity contribution in [1.29, 1.82) is 0 Å². The minimum absolute atomic E-state index is 0.104. The number of nitrogens with one attached hydrogen (secondary N) is 1. The summed E-state index contributed by atoms with van der Waals surface area (Å²) in [5, 5.41) is 3.70. The van der Waals surface area contributed by atoms with E-state index in [1.54, 1.807) is 6.33 Å². The molecule has 0 aromatic carbocycles. The van der Waals surface area contributed by atoms with Crippen LogP contribution in [0.3, 0.4) is 0 Å². The number of halogens is 1. The van der Waals surface area contributed by atoms with Crippen LogP contribution in [0.2, 0.25) is 5.28 Å². The van der Waals surface area contributed by atoms with Crippen LogP contribution in [0.15, 0.2) is 6.33 Å². The van der Waals surface area contributed by atoms with Crippen molar-refractivity contribution in [2.24, 2.45) is 12.5 Å². The highest BCUT2D eigenvalue weighted by Crippen LogP contribution is 2.31. The summed E-state index contributed by atoms with van der Waals surface area (Å²) in [4.78, 5) is 12.7. The van der Waals surface area contributed by atoms with Gasteiger partial charge in [-0.1, -0.05) is 20.8 Å². The molecule has 0 radical (unpaired) electrons. The zero-order chi connectivity index (χ0) is 15.1. The first kappa shape index (κ1) is 15.0. The summed E-state index contributed by atoms with van der Waals surface area (Å²) in [7, 11) is 1.93. The van der Waals surface area contributed by atoms with Crippen LogP contribution in [0, 0.1) is 5.41 Å². The molecule has 2 aromatic rings. The maximum absolute atomic E-state index is 5.98. The number of imidazole rings is 1. The number of hydrogen-bond acceptors (Lipinski definition) is 4. The molecule has 0 amide bonds. The number of anilines is 1. The molecule has 0 spiro atoms. The van der Waals surface area contributed by atoms with Gasteiger partial charge in [0.05, 0.1) is 6.33 Å². The smallest absolute Gasteiger partial charge is 0.226 e. The predicted octanol–water partition coefficient (Wildman–Crippen LogP) is 3.64. The first-order chi connectivity index (χ1) is 9.07. The lowest BCUT2D eigenvalue weighted by molar-refractivity contribution is 0.302. The Hall–Kier alpha value is -1.36. The third kappa shape index (κ3) is 3.39. The monoisotopic (exact) mass is 295 g/mol. The highest BCUT2D eigenvalue weighted by Gasteiger charge is 2.27. The zero-order valence-corrected chi connectivity index (χ0v) is 13.7. The standard InChI is InChI=1S/C14H22ClN5/c1-13(2,3)7-14(4,5)19-11-9-10(16-8-20(9)6)17-12(15)18-11/h8H,7H2,1-6H3,(H,17,18,19). The minimum Gasteiger partial charge on any atom is -0.363 e. The summed E-state index contributed by atoms with van der Waals surface area (Å²) in [5.41, 5.74) is 1.60. The molecule has 2 aromatic heterocycles. The molecule has 0 unspecified atom stereocenters. The van der Waals surface area contributed by atoms with Crippen molar-refractivity contribution < 1.29 is 0 Å². The van der Waals surface area contributed by atoms with E-state index >= 15 is 0 Å². The average molecular weight is 296 g/mol. The third-order valence-corrected chi connectivity index (χ3v) is 3.14. The lowest BCUT2D eigenvalue weighted by atomic mass is 9.82. The molecular weight excluding hydrogens is 274 g/mol. The van der Waals surface area contributed by atoms with E-state index in [0.717, 1.165) is 17.8 Å².